The summed E-state index contributed by atoms with van der Waals surface area (Å²) in [6.07, 6.45) is 7.23. The van der Waals surface area contributed by atoms with Crippen LogP contribution in [0.25, 0.3) is 16.5 Å². The summed E-state index contributed by atoms with van der Waals surface area (Å²) in [5.74, 6) is 0.628. The fourth-order valence-electron chi connectivity index (χ4n) is 4.27. The van der Waals surface area contributed by atoms with Gasteiger partial charge in [0.25, 0.3) is 0 Å². The van der Waals surface area contributed by atoms with Crippen LogP contribution < -0.4 is 5.73 Å². The van der Waals surface area contributed by atoms with E-state index in [1.165, 1.54) is 31.2 Å². The molecule has 1 saturated heterocycles. The van der Waals surface area contributed by atoms with Crippen molar-refractivity contribution in [3.63, 3.8) is 0 Å². The number of fused-ring (bicyclic) bond motifs is 2. The molecule has 2 aromatic heterocycles. The Kier molecular flexibility index (Phi) is 3.50. The molecule has 4 heterocycles. The first-order valence-electron chi connectivity index (χ1n) is 9.04. The van der Waals surface area contributed by atoms with Gasteiger partial charge in [-0.25, -0.2) is 0 Å². The Morgan fingerprint density at radius 1 is 1.27 bits per heavy atom. The second-order valence-corrected chi connectivity index (χ2v) is 7.08. The maximum Gasteiger partial charge on any atom is 0.228 e. The number of rotatable bonds is 3. The van der Waals surface area contributed by atoms with Crippen molar-refractivity contribution in [1.82, 2.24) is 4.90 Å². The molecular weight excluding hydrogens is 328 g/mol. The standard InChI is InChI=1S/C21H20N2O3/c22-21-19(13-7-9-23-8-1-3-15(23)11-13)16-12-14(5-6-17(16)26-21)20(24)18-4-2-10-25-18/h2,4-7,10,12,15H,1,3,8-9,11,22H2. The minimum absolute atomic E-state index is 0.137. The Balaban J connectivity index is 1.58. The first-order valence-corrected chi connectivity index (χ1v) is 9.04. The molecule has 2 aliphatic rings. The van der Waals surface area contributed by atoms with Crippen LogP contribution in [0, 0.1) is 0 Å². The number of nitrogens with two attached hydrogens (primary N) is 1. The Morgan fingerprint density at radius 3 is 3.04 bits per heavy atom. The number of carbonyl (C=O) groups excluding carboxylic acids is 1. The molecule has 1 atom stereocenters. The monoisotopic (exact) mass is 348 g/mol. The van der Waals surface area contributed by atoms with Gasteiger partial charge in [-0.2, -0.15) is 0 Å². The molecule has 5 nitrogen and oxygen atoms in total. The van der Waals surface area contributed by atoms with Crippen LogP contribution in [0.1, 0.15) is 40.9 Å². The highest BCUT2D eigenvalue weighted by molar-refractivity contribution is 6.10. The molecule has 5 rings (SSSR count). The van der Waals surface area contributed by atoms with E-state index in [2.05, 4.69) is 11.0 Å². The largest absolute Gasteiger partial charge is 0.461 e. The summed E-state index contributed by atoms with van der Waals surface area (Å²) in [5, 5.41) is 0.901. The van der Waals surface area contributed by atoms with Crippen molar-refractivity contribution < 1.29 is 13.6 Å². The van der Waals surface area contributed by atoms with E-state index in [0.717, 1.165) is 23.9 Å². The van der Waals surface area contributed by atoms with Crippen molar-refractivity contribution in [3.8, 4) is 0 Å². The van der Waals surface area contributed by atoms with E-state index in [1.807, 2.05) is 12.1 Å². The Hall–Kier alpha value is -2.79. The van der Waals surface area contributed by atoms with E-state index in [-0.39, 0.29) is 5.78 Å². The van der Waals surface area contributed by atoms with Gasteiger partial charge in [-0.3, -0.25) is 9.69 Å². The van der Waals surface area contributed by atoms with Gasteiger partial charge in [0, 0.05) is 29.1 Å². The number of anilines is 1. The molecule has 132 valence electrons. The molecule has 26 heavy (non-hydrogen) atoms. The minimum atomic E-state index is -0.137. The second kappa shape index (κ2) is 5.88. The molecule has 0 amide bonds. The maximum absolute atomic E-state index is 12.6. The molecule has 0 bridgehead atoms. The van der Waals surface area contributed by atoms with Crippen LogP contribution in [0.15, 0.2) is 51.5 Å². The minimum Gasteiger partial charge on any atom is -0.461 e. The number of benzene rings is 1. The summed E-state index contributed by atoms with van der Waals surface area (Å²) >= 11 is 0. The SMILES string of the molecule is Nc1oc2ccc(C(=O)c3ccco3)cc2c1C1=CCN2CCCC2C1. The van der Waals surface area contributed by atoms with Gasteiger partial charge in [0.1, 0.15) is 5.58 Å². The zero-order chi connectivity index (χ0) is 17.7. The predicted octanol–water partition coefficient (Wildman–Crippen LogP) is 4.09. The molecule has 3 aromatic rings. The van der Waals surface area contributed by atoms with Crippen LogP contribution in [-0.4, -0.2) is 29.8 Å². The average molecular weight is 348 g/mol. The molecule has 1 unspecified atom stereocenters. The number of hydrogen-bond acceptors (Lipinski definition) is 5. The van der Waals surface area contributed by atoms with Crippen molar-refractivity contribution in [1.29, 1.82) is 0 Å². The van der Waals surface area contributed by atoms with Crippen LogP contribution in [0.2, 0.25) is 0 Å². The maximum atomic E-state index is 12.6. The summed E-state index contributed by atoms with van der Waals surface area (Å²) in [5.41, 5.74) is 9.68. The van der Waals surface area contributed by atoms with Crippen molar-refractivity contribution in [2.24, 2.45) is 0 Å². The fraction of sp³-hybridized carbons (Fsp3) is 0.286. The van der Waals surface area contributed by atoms with E-state index >= 15 is 0 Å². The van der Waals surface area contributed by atoms with Crippen LogP contribution in [0.3, 0.4) is 0 Å². The summed E-state index contributed by atoms with van der Waals surface area (Å²) in [6.45, 7) is 2.13. The normalized spacial score (nSPS) is 20.3. The molecule has 0 spiro atoms. The van der Waals surface area contributed by atoms with Crippen LogP contribution in [-0.2, 0) is 0 Å². The number of hydrogen-bond donors (Lipinski definition) is 1. The van der Waals surface area contributed by atoms with Gasteiger partial charge in [0.05, 0.1) is 6.26 Å². The topological polar surface area (TPSA) is 72.6 Å². The smallest absolute Gasteiger partial charge is 0.228 e. The second-order valence-electron chi connectivity index (χ2n) is 7.08. The Labute approximate surface area is 151 Å². The molecule has 5 heteroatoms. The summed E-state index contributed by atoms with van der Waals surface area (Å²) in [4.78, 5) is 15.1. The molecule has 0 saturated carbocycles. The van der Waals surface area contributed by atoms with Crippen molar-refractivity contribution in [2.75, 3.05) is 18.8 Å². The molecule has 2 aliphatic heterocycles. The van der Waals surface area contributed by atoms with E-state index in [4.69, 9.17) is 14.6 Å². The van der Waals surface area contributed by atoms with Crippen molar-refractivity contribution in [2.45, 2.75) is 25.3 Å². The zero-order valence-electron chi connectivity index (χ0n) is 14.4. The lowest BCUT2D eigenvalue weighted by Crippen LogP contribution is -2.32. The van der Waals surface area contributed by atoms with Gasteiger partial charge < -0.3 is 14.6 Å². The predicted molar refractivity (Wildman–Crippen MR) is 100.0 cm³/mol. The lowest BCUT2D eigenvalue weighted by atomic mass is 9.92. The molecule has 1 fully saturated rings. The third-order valence-corrected chi connectivity index (χ3v) is 5.57. The highest BCUT2D eigenvalue weighted by atomic mass is 16.3. The molecular formula is C21H20N2O3. The van der Waals surface area contributed by atoms with E-state index in [1.54, 1.807) is 18.2 Å². The van der Waals surface area contributed by atoms with Crippen LogP contribution >= 0.6 is 0 Å². The number of nitrogen functional groups attached to an aromatic ring is 1. The highest BCUT2D eigenvalue weighted by Gasteiger charge is 2.30. The van der Waals surface area contributed by atoms with Gasteiger partial charge in [-0.05, 0) is 61.7 Å². The quantitative estimate of drug-likeness (QED) is 0.722. The van der Waals surface area contributed by atoms with Gasteiger partial charge in [0.15, 0.2) is 11.6 Å². The molecule has 0 radical (unpaired) electrons. The fourth-order valence-corrected chi connectivity index (χ4v) is 4.27. The van der Waals surface area contributed by atoms with Gasteiger partial charge in [-0.15, -0.1) is 0 Å². The summed E-state index contributed by atoms with van der Waals surface area (Å²) in [7, 11) is 0. The van der Waals surface area contributed by atoms with Crippen LogP contribution in [0.4, 0.5) is 5.88 Å². The van der Waals surface area contributed by atoms with E-state index < -0.39 is 0 Å². The summed E-state index contributed by atoms with van der Waals surface area (Å²) in [6, 6.07) is 9.43. The lowest BCUT2D eigenvalue weighted by molar-refractivity contribution is 0.101. The average Bonchev–Trinajstić information content (AvgIpc) is 3.38. The number of furan rings is 2. The Bertz CT molecular complexity index is 1010. The van der Waals surface area contributed by atoms with Gasteiger partial charge in [-0.1, -0.05) is 6.08 Å². The number of carbonyl (C=O) groups is 1. The van der Waals surface area contributed by atoms with Crippen molar-refractivity contribution >= 4 is 28.2 Å². The van der Waals surface area contributed by atoms with E-state index in [9.17, 15) is 4.79 Å². The third-order valence-electron chi connectivity index (χ3n) is 5.57. The number of nitrogens with zero attached hydrogens (tertiary/aromatic N) is 1. The highest BCUT2D eigenvalue weighted by Crippen LogP contribution is 2.40. The third kappa shape index (κ3) is 2.39. The van der Waals surface area contributed by atoms with E-state index in [0.29, 0.717) is 28.8 Å². The number of ketones is 1. The van der Waals surface area contributed by atoms with Crippen LogP contribution in [0.5, 0.6) is 0 Å². The first-order chi connectivity index (χ1) is 12.7. The first kappa shape index (κ1) is 15.5. The molecule has 2 N–H and O–H groups in total. The summed E-state index contributed by atoms with van der Waals surface area (Å²) < 4.78 is 11.0. The van der Waals surface area contributed by atoms with Gasteiger partial charge in [0.2, 0.25) is 5.78 Å². The van der Waals surface area contributed by atoms with Crippen molar-refractivity contribution in [3.05, 3.63) is 59.6 Å². The zero-order valence-corrected chi connectivity index (χ0v) is 14.4. The molecule has 1 aromatic carbocycles. The molecule has 0 aliphatic carbocycles. The lowest BCUT2D eigenvalue weighted by Gasteiger charge is -2.29. The Morgan fingerprint density at radius 2 is 2.19 bits per heavy atom. The van der Waals surface area contributed by atoms with Gasteiger partial charge >= 0.3 is 0 Å².